The smallest absolute Gasteiger partial charge is 0.278 e. The summed E-state index contributed by atoms with van der Waals surface area (Å²) in [4.78, 5) is 15.8. The molecule has 6 heteroatoms. The molecule has 1 aromatic rings. The van der Waals surface area contributed by atoms with Gasteiger partial charge in [0.25, 0.3) is 5.91 Å². The molecule has 3 aliphatic rings. The molecule has 28 heavy (non-hydrogen) atoms. The van der Waals surface area contributed by atoms with Crippen LogP contribution in [0.25, 0.3) is 0 Å². The predicted octanol–water partition coefficient (Wildman–Crippen LogP) is -0.0738. The monoisotopic (exact) mass is 389 g/mol. The molecular formula is C22H35N3O3+2. The van der Waals surface area contributed by atoms with Gasteiger partial charge in [-0.2, -0.15) is 0 Å². The van der Waals surface area contributed by atoms with E-state index in [1.54, 1.807) is 4.90 Å². The Morgan fingerprint density at radius 1 is 1.07 bits per heavy atom. The second-order valence-corrected chi connectivity index (χ2v) is 8.69. The number of carbonyl (C=O) groups excluding carboxylic acids is 1. The zero-order valence-corrected chi connectivity index (χ0v) is 17.1. The van der Waals surface area contributed by atoms with Crippen molar-refractivity contribution in [3.8, 4) is 11.5 Å². The molecule has 2 heterocycles. The van der Waals surface area contributed by atoms with Gasteiger partial charge in [-0.1, -0.05) is 25.7 Å². The normalized spacial score (nSPS) is 26.5. The van der Waals surface area contributed by atoms with Crippen molar-refractivity contribution in [3.63, 3.8) is 0 Å². The van der Waals surface area contributed by atoms with Gasteiger partial charge in [-0.15, -0.1) is 0 Å². The summed E-state index contributed by atoms with van der Waals surface area (Å²) in [5.41, 5.74) is 1.29. The third kappa shape index (κ3) is 4.78. The number of hydrogen-bond acceptors (Lipinski definition) is 3. The summed E-state index contributed by atoms with van der Waals surface area (Å²) in [6.45, 7) is 7.75. The van der Waals surface area contributed by atoms with Crippen LogP contribution in [-0.4, -0.2) is 51.0 Å². The Balaban J connectivity index is 1.23. The van der Waals surface area contributed by atoms with Crippen LogP contribution in [0.5, 0.6) is 11.5 Å². The predicted molar refractivity (Wildman–Crippen MR) is 107 cm³/mol. The van der Waals surface area contributed by atoms with Gasteiger partial charge in [0.1, 0.15) is 32.7 Å². The number of ether oxygens (including phenoxy) is 2. The third-order valence-electron chi connectivity index (χ3n) is 6.70. The highest BCUT2D eigenvalue weighted by Gasteiger charge is 2.32. The average Bonchev–Trinajstić information content (AvgIpc) is 3.03. The summed E-state index contributed by atoms with van der Waals surface area (Å²) in [7, 11) is 0. The Bertz CT molecular complexity index is 665. The number of benzene rings is 1. The highest BCUT2D eigenvalue weighted by atomic mass is 16.7. The number of hydrogen-bond donors (Lipinski definition) is 3. The Morgan fingerprint density at radius 3 is 2.54 bits per heavy atom. The summed E-state index contributed by atoms with van der Waals surface area (Å²) in [5.74, 6) is 1.97. The van der Waals surface area contributed by atoms with E-state index in [4.69, 9.17) is 9.47 Å². The van der Waals surface area contributed by atoms with Crippen LogP contribution < -0.4 is 24.6 Å². The Hall–Kier alpha value is -1.79. The first-order valence-electron chi connectivity index (χ1n) is 11.1. The van der Waals surface area contributed by atoms with Crippen molar-refractivity contribution in [1.29, 1.82) is 0 Å². The molecule has 2 fully saturated rings. The van der Waals surface area contributed by atoms with Gasteiger partial charge in [0.05, 0.1) is 0 Å². The van der Waals surface area contributed by atoms with Crippen LogP contribution in [0.4, 0.5) is 0 Å². The van der Waals surface area contributed by atoms with Crippen molar-refractivity contribution in [2.75, 3.05) is 33.0 Å². The van der Waals surface area contributed by atoms with Crippen LogP contribution in [-0.2, 0) is 11.3 Å². The van der Waals surface area contributed by atoms with Crippen LogP contribution in [0.3, 0.4) is 0 Å². The first-order valence-corrected chi connectivity index (χ1v) is 11.1. The molecule has 154 valence electrons. The van der Waals surface area contributed by atoms with Gasteiger partial charge in [0, 0.05) is 11.6 Å². The number of nitrogens with one attached hydrogen (secondary N) is 3. The zero-order chi connectivity index (χ0) is 19.3. The van der Waals surface area contributed by atoms with Crippen molar-refractivity contribution in [1.82, 2.24) is 5.32 Å². The molecule has 1 saturated heterocycles. The quantitative estimate of drug-likeness (QED) is 0.618. The molecule has 0 bridgehead atoms. The summed E-state index contributed by atoms with van der Waals surface area (Å²) < 4.78 is 10.9. The SMILES string of the molecule is C[C@H](C(=O)NC1CCCCCC1)[NH+]1CC[NH+](Cc2ccc3c(c2)OCO3)CC1. The Kier molecular flexibility index (Phi) is 6.37. The van der Waals surface area contributed by atoms with E-state index in [1.165, 1.54) is 36.1 Å². The maximum atomic E-state index is 12.7. The van der Waals surface area contributed by atoms with Gasteiger partial charge in [-0.05, 0) is 38.0 Å². The molecule has 1 atom stereocenters. The lowest BCUT2D eigenvalue weighted by Crippen LogP contribution is -3.29. The summed E-state index contributed by atoms with van der Waals surface area (Å²) in [5, 5.41) is 3.34. The highest BCUT2D eigenvalue weighted by molar-refractivity contribution is 5.80. The van der Waals surface area contributed by atoms with Gasteiger partial charge < -0.3 is 24.6 Å². The minimum Gasteiger partial charge on any atom is -0.454 e. The first kappa shape index (κ1) is 19.5. The van der Waals surface area contributed by atoms with Crippen molar-refractivity contribution in [2.45, 2.75) is 64.1 Å². The topological polar surface area (TPSA) is 56.4 Å². The third-order valence-corrected chi connectivity index (χ3v) is 6.70. The second-order valence-electron chi connectivity index (χ2n) is 8.69. The fourth-order valence-electron chi connectivity index (χ4n) is 4.81. The van der Waals surface area contributed by atoms with Crippen LogP contribution in [0.2, 0.25) is 0 Å². The molecule has 0 spiro atoms. The largest absolute Gasteiger partial charge is 0.454 e. The number of quaternary nitrogens is 2. The van der Waals surface area contributed by atoms with E-state index < -0.39 is 0 Å². The summed E-state index contributed by atoms with van der Waals surface area (Å²) in [6.07, 6.45) is 7.47. The standard InChI is InChI=1S/C22H33N3O3/c1-17(22(26)23-19-6-4-2-3-5-7-19)25-12-10-24(11-13-25)15-18-8-9-20-21(14-18)28-16-27-20/h8-9,14,17,19H,2-7,10-13,15-16H2,1H3,(H,23,26)/p+2/t17-/m1/s1. The molecule has 1 aromatic carbocycles. The van der Waals surface area contributed by atoms with E-state index in [1.807, 2.05) is 6.07 Å². The van der Waals surface area contributed by atoms with Crippen LogP contribution in [0.1, 0.15) is 51.0 Å². The van der Waals surface area contributed by atoms with Gasteiger partial charge in [-0.3, -0.25) is 4.79 Å². The van der Waals surface area contributed by atoms with Crippen LogP contribution in [0.15, 0.2) is 18.2 Å². The van der Waals surface area contributed by atoms with Gasteiger partial charge in [-0.25, -0.2) is 0 Å². The number of piperazine rings is 1. The molecule has 0 unspecified atom stereocenters. The van der Waals surface area contributed by atoms with Crippen LogP contribution in [0, 0.1) is 0 Å². The molecule has 1 saturated carbocycles. The molecule has 6 nitrogen and oxygen atoms in total. The minimum atomic E-state index is 0.0512. The zero-order valence-electron chi connectivity index (χ0n) is 17.1. The summed E-state index contributed by atoms with van der Waals surface area (Å²) in [6, 6.07) is 6.71. The number of fused-ring (bicyclic) bond motifs is 1. The fourth-order valence-corrected chi connectivity index (χ4v) is 4.81. The average molecular weight is 390 g/mol. The first-order chi connectivity index (χ1) is 13.7. The van der Waals surface area contributed by atoms with Gasteiger partial charge in [0.15, 0.2) is 17.5 Å². The minimum absolute atomic E-state index is 0.0512. The van der Waals surface area contributed by atoms with Crippen molar-refractivity contribution >= 4 is 5.91 Å². The molecule has 3 N–H and O–H groups in total. The molecule has 4 rings (SSSR count). The molecule has 1 aliphatic carbocycles. The van der Waals surface area contributed by atoms with Gasteiger partial charge >= 0.3 is 0 Å². The summed E-state index contributed by atoms with van der Waals surface area (Å²) >= 11 is 0. The van der Waals surface area contributed by atoms with E-state index in [-0.39, 0.29) is 11.9 Å². The van der Waals surface area contributed by atoms with E-state index >= 15 is 0 Å². The molecule has 0 aromatic heterocycles. The maximum Gasteiger partial charge on any atom is 0.278 e. The lowest BCUT2D eigenvalue weighted by Gasteiger charge is -2.33. The van der Waals surface area contributed by atoms with Crippen LogP contribution >= 0.6 is 0 Å². The van der Waals surface area contributed by atoms with E-state index in [2.05, 4.69) is 24.4 Å². The van der Waals surface area contributed by atoms with Crippen molar-refractivity contribution in [2.24, 2.45) is 0 Å². The van der Waals surface area contributed by atoms with Crippen molar-refractivity contribution in [3.05, 3.63) is 23.8 Å². The number of carbonyl (C=O) groups is 1. The molecule has 2 aliphatic heterocycles. The second kappa shape index (κ2) is 9.14. The molecule has 0 radical (unpaired) electrons. The van der Waals surface area contributed by atoms with Crippen molar-refractivity contribution < 1.29 is 24.1 Å². The number of rotatable bonds is 5. The van der Waals surface area contributed by atoms with E-state index in [9.17, 15) is 4.79 Å². The number of amides is 1. The highest BCUT2D eigenvalue weighted by Crippen LogP contribution is 2.32. The maximum absolute atomic E-state index is 12.7. The molecule has 1 amide bonds. The Morgan fingerprint density at radius 2 is 1.79 bits per heavy atom. The molecular weight excluding hydrogens is 354 g/mol. The van der Waals surface area contributed by atoms with Gasteiger partial charge in [0.2, 0.25) is 6.79 Å². The lowest BCUT2D eigenvalue weighted by molar-refractivity contribution is -1.02. The van der Waals surface area contributed by atoms with E-state index in [0.29, 0.717) is 12.8 Å². The van der Waals surface area contributed by atoms with E-state index in [0.717, 1.165) is 57.1 Å². The fraction of sp³-hybridized carbons (Fsp3) is 0.682. The lowest BCUT2D eigenvalue weighted by atomic mass is 10.1. The Labute approximate surface area is 168 Å².